The van der Waals surface area contributed by atoms with E-state index < -0.39 is 10.0 Å². The van der Waals surface area contributed by atoms with Crippen molar-refractivity contribution in [2.45, 2.75) is 30.4 Å². The van der Waals surface area contributed by atoms with E-state index in [1.165, 1.54) is 16.2 Å². The first-order valence-corrected chi connectivity index (χ1v) is 12.0. The fourth-order valence-corrected chi connectivity index (χ4v) is 6.29. The van der Waals surface area contributed by atoms with Crippen LogP contribution in [0.3, 0.4) is 0 Å². The molecule has 0 spiro atoms. The van der Waals surface area contributed by atoms with Crippen LogP contribution >= 0.6 is 22.7 Å². The standard InChI is InChI=1S/C19H19N3O3S3/c1-12-4-9-15-16(11-12)27-19(20-15)21-18(23)13-5-7-14(8-6-13)22-28(24,25)17-3-2-10-26-17/h2-3,5-8,10,12,22H,4,9,11H2,1H3,(H,20,21,23). The molecule has 0 bridgehead atoms. The summed E-state index contributed by atoms with van der Waals surface area (Å²) in [5.74, 6) is 0.397. The predicted molar refractivity (Wildman–Crippen MR) is 113 cm³/mol. The first-order valence-electron chi connectivity index (χ1n) is 8.87. The van der Waals surface area contributed by atoms with Gasteiger partial charge in [0, 0.05) is 16.1 Å². The minimum atomic E-state index is -3.60. The van der Waals surface area contributed by atoms with Gasteiger partial charge in [-0.05, 0) is 60.9 Å². The van der Waals surface area contributed by atoms with E-state index in [0.717, 1.165) is 36.3 Å². The number of nitrogens with zero attached hydrogens (tertiary/aromatic N) is 1. The normalized spacial score (nSPS) is 16.4. The molecule has 2 aromatic heterocycles. The van der Waals surface area contributed by atoms with E-state index in [1.807, 2.05) is 0 Å². The molecule has 0 radical (unpaired) electrons. The summed E-state index contributed by atoms with van der Waals surface area (Å²) in [6.45, 7) is 2.23. The van der Waals surface area contributed by atoms with Crippen molar-refractivity contribution in [3.63, 3.8) is 0 Å². The molecule has 0 saturated carbocycles. The maximum Gasteiger partial charge on any atom is 0.271 e. The number of anilines is 2. The minimum absolute atomic E-state index is 0.247. The zero-order valence-electron chi connectivity index (χ0n) is 15.1. The van der Waals surface area contributed by atoms with E-state index in [0.29, 0.717) is 22.3 Å². The molecule has 0 fully saturated rings. The number of carbonyl (C=O) groups is 1. The van der Waals surface area contributed by atoms with E-state index >= 15 is 0 Å². The number of nitrogens with one attached hydrogen (secondary N) is 2. The van der Waals surface area contributed by atoms with Gasteiger partial charge in [-0.15, -0.1) is 22.7 Å². The fraction of sp³-hybridized carbons (Fsp3) is 0.263. The Balaban J connectivity index is 1.43. The molecule has 28 heavy (non-hydrogen) atoms. The van der Waals surface area contributed by atoms with Crippen LogP contribution in [0.5, 0.6) is 0 Å². The molecule has 9 heteroatoms. The number of thiazole rings is 1. The van der Waals surface area contributed by atoms with Gasteiger partial charge in [0.2, 0.25) is 0 Å². The fourth-order valence-electron chi connectivity index (χ4n) is 3.07. The highest BCUT2D eigenvalue weighted by molar-refractivity contribution is 7.94. The molecule has 1 atom stereocenters. The summed E-state index contributed by atoms with van der Waals surface area (Å²) in [6, 6.07) is 9.57. The number of aromatic nitrogens is 1. The smallest absolute Gasteiger partial charge is 0.271 e. The average Bonchev–Trinajstić information content (AvgIpc) is 3.31. The van der Waals surface area contributed by atoms with Crippen molar-refractivity contribution < 1.29 is 13.2 Å². The molecule has 2 heterocycles. The van der Waals surface area contributed by atoms with Gasteiger partial charge in [0.1, 0.15) is 4.21 Å². The van der Waals surface area contributed by atoms with Crippen LogP contribution in [0, 0.1) is 5.92 Å². The van der Waals surface area contributed by atoms with Crippen molar-refractivity contribution in [3.05, 3.63) is 57.9 Å². The van der Waals surface area contributed by atoms with Crippen LogP contribution in [-0.2, 0) is 22.9 Å². The Kier molecular flexibility index (Phi) is 5.22. The lowest BCUT2D eigenvalue weighted by atomic mass is 9.93. The molecule has 1 aliphatic rings. The Bertz CT molecular complexity index is 1090. The highest BCUT2D eigenvalue weighted by Gasteiger charge is 2.21. The SMILES string of the molecule is CC1CCc2nc(NC(=O)c3ccc(NS(=O)(=O)c4cccs4)cc3)sc2C1. The number of carbonyl (C=O) groups excluding carboxylic acids is 1. The largest absolute Gasteiger partial charge is 0.298 e. The van der Waals surface area contributed by atoms with Gasteiger partial charge in [-0.3, -0.25) is 14.8 Å². The summed E-state index contributed by atoms with van der Waals surface area (Å²) in [5.41, 5.74) is 1.95. The number of aryl methyl sites for hydroxylation is 1. The third-order valence-corrected chi connectivity index (χ3v) is 8.38. The molecule has 1 aromatic carbocycles. The van der Waals surface area contributed by atoms with Crippen molar-refractivity contribution in [1.82, 2.24) is 4.98 Å². The number of amides is 1. The van der Waals surface area contributed by atoms with Crippen molar-refractivity contribution in [3.8, 4) is 0 Å². The molecule has 1 aliphatic carbocycles. The second kappa shape index (κ2) is 7.65. The van der Waals surface area contributed by atoms with Crippen LogP contribution < -0.4 is 10.0 Å². The minimum Gasteiger partial charge on any atom is -0.298 e. The van der Waals surface area contributed by atoms with Crippen molar-refractivity contribution in [2.75, 3.05) is 10.0 Å². The lowest BCUT2D eigenvalue weighted by Crippen LogP contribution is -2.13. The van der Waals surface area contributed by atoms with Gasteiger partial charge in [0.25, 0.3) is 15.9 Å². The van der Waals surface area contributed by atoms with Gasteiger partial charge in [0.15, 0.2) is 5.13 Å². The van der Waals surface area contributed by atoms with Gasteiger partial charge in [0.05, 0.1) is 5.69 Å². The molecular weight excluding hydrogens is 414 g/mol. The van der Waals surface area contributed by atoms with Crippen LogP contribution in [-0.4, -0.2) is 19.3 Å². The van der Waals surface area contributed by atoms with E-state index in [2.05, 4.69) is 21.9 Å². The van der Waals surface area contributed by atoms with Gasteiger partial charge in [-0.25, -0.2) is 13.4 Å². The van der Waals surface area contributed by atoms with Crippen molar-refractivity contribution >= 4 is 49.4 Å². The molecule has 146 valence electrons. The Morgan fingerprint density at radius 1 is 1.21 bits per heavy atom. The maximum atomic E-state index is 12.5. The number of benzene rings is 1. The molecule has 1 unspecified atom stereocenters. The molecule has 6 nitrogen and oxygen atoms in total. The Morgan fingerprint density at radius 2 is 2.00 bits per heavy atom. The number of sulfonamides is 1. The number of hydrogen-bond donors (Lipinski definition) is 2. The lowest BCUT2D eigenvalue weighted by Gasteiger charge is -2.15. The van der Waals surface area contributed by atoms with Gasteiger partial charge < -0.3 is 0 Å². The molecule has 0 saturated heterocycles. The van der Waals surface area contributed by atoms with E-state index in [4.69, 9.17) is 0 Å². The summed E-state index contributed by atoms with van der Waals surface area (Å²) in [5, 5.41) is 5.18. The zero-order chi connectivity index (χ0) is 19.7. The first kappa shape index (κ1) is 19.1. The lowest BCUT2D eigenvalue weighted by molar-refractivity contribution is 0.102. The highest BCUT2D eigenvalue weighted by atomic mass is 32.2. The summed E-state index contributed by atoms with van der Waals surface area (Å²) in [4.78, 5) is 18.3. The van der Waals surface area contributed by atoms with E-state index in [9.17, 15) is 13.2 Å². The number of rotatable bonds is 5. The number of fused-ring (bicyclic) bond motifs is 1. The van der Waals surface area contributed by atoms with Crippen LogP contribution in [0.25, 0.3) is 0 Å². The van der Waals surface area contributed by atoms with E-state index in [-0.39, 0.29) is 10.1 Å². The van der Waals surface area contributed by atoms with Crippen molar-refractivity contribution in [1.29, 1.82) is 0 Å². The summed E-state index contributed by atoms with van der Waals surface area (Å²) >= 11 is 2.69. The highest BCUT2D eigenvalue weighted by Crippen LogP contribution is 2.32. The molecular formula is C19H19N3O3S3. The second-order valence-corrected chi connectivity index (χ2v) is 10.7. The molecule has 2 N–H and O–H groups in total. The van der Waals surface area contributed by atoms with Crippen LogP contribution in [0.4, 0.5) is 10.8 Å². The van der Waals surface area contributed by atoms with E-state index in [1.54, 1.807) is 41.8 Å². The van der Waals surface area contributed by atoms with Gasteiger partial charge >= 0.3 is 0 Å². The number of thiophene rings is 1. The molecule has 4 rings (SSSR count). The molecule has 0 aliphatic heterocycles. The van der Waals surface area contributed by atoms with Gasteiger partial charge in [-0.2, -0.15) is 0 Å². The molecule has 3 aromatic rings. The third-order valence-electron chi connectivity index (χ3n) is 4.57. The summed E-state index contributed by atoms with van der Waals surface area (Å²) < 4.78 is 27.3. The third kappa shape index (κ3) is 4.11. The average molecular weight is 434 g/mol. The topological polar surface area (TPSA) is 88.2 Å². The zero-order valence-corrected chi connectivity index (χ0v) is 17.6. The molecule has 1 amide bonds. The van der Waals surface area contributed by atoms with Crippen LogP contribution in [0.15, 0.2) is 46.0 Å². The summed E-state index contributed by atoms with van der Waals surface area (Å²) in [6.07, 6.45) is 3.11. The van der Waals surface area contributed by atoms with Crippen LogP contribution in [0.1, 0.15) is 34.3 Å². The number of hydrogen-bond acceptors (Lipinski definition) is 6. The Labute approximate surface area is 171 Å². The predicted octanol–water partition coefficient (Wildman–Crippen LogP) is 4.38. The summed E-state index contributed by atoms with van der Waals surface area (Å²) in [7, 11) is -3.60. The second-order valence-electron chi connectivity index (χ2n) is 6.81. The van der Waals surface area contributed by atoms with Gasteiger partial charge in [-0.1, -0.05) is 13.0 Å². The maximum absolute atomic E-state index is 12.5. The van der Waals surface area contributed by atoms with Crippen LogP contribution in [0.2, 0.25) is 0 Å². The first-order chi connectivity index (χ1) is 13.4. The Morgan fingerprint density at radius 3 is 2.71 bits per heavy atom. The quantitative estimate of drug-likeness (QED) is 0.625. The van der Waals surface area contributed by atoms with Crippen molar-refractivity contribution in [2.24, 2.45) is 5.92 Å². The monoisotopic (exact) mass is 433 g/mol. The Hall–Kier alpha value is -2.23.